The number of rotatable bonds is 4. The van der Waals surface area contributed by atoms with Crippen LogP contribution in [0.1, 0.15) is 35.0 Å². The Hall–Kier alpha value is -1.26. The molecular weight excluding hydrogens is 256 g/mol. The quantitative estimate of drug-likeness (QED) is 0.863. The third-order valence-corrected chi connectivity index (χ3v) is 4.21. The molecule has 3 nitrogen and oxygen atoms in total. The van der Waals surface area contributed by atoms with Crippen LogP contribution in [0.2, 0.25) is 0 Å². The summed E-state index contributed by atoms with van der Waals surface area (Å²) in [7, 11) is 0. The largest absolute Gasteiger partial charge is 0.465 e. The summed E-state index contributed by atoms with van der Waals surface area (Å²) in [6, 6.07) is 8.13. The normalized spacial score (nSPS) is 14.4. The Balaban J connectivity index is 2.26. The number of furan rings is 1. The molecule has 2 N–H and O–H groups in total. The highest BCUT2D eigenvalue weighted by Gasteiger charge is 2.21. The van der Waals surface area contributed by atoms with Crippen molar-refractivity contribution in [2.24, 2.45) is 5.73 Å². The number of hydrogen-bond acceptors (Lipinski definition) is 4. The topological polar surface area (TPSA) is 52.0 Å². The number of aromatic nitrogens is 1. The lowest BCUT2D eigenvalue weighted by Crippen LogP contribution is -2.22. The summed E-state index contributed by atoms with van der Waals surface area (Å²) in [4.78, 5) is 4.55. The molecule has 19 heavy (non-hydrogen) atoms. The van der Waals surface area contributed by atoms with Crippen LogP contribution in [0.15, 0.2) is 33.7 Å². The SMILES string of the molecule is Cc1cc(C)nc(SC(c2ccc(C)o2)C(C)N)c1. The lowest BCUT2D eigenvalue weighted by molar-refractivity contribution is 0.464. The predicted octanol–water partition coefficient (Wildman–Crippen LogP) is 3.78. The lowest BCUT2D eigenvalue weighted by atomic mass is 10.2. The van der Waals surface area contributed by atoms with E-state index in [9.17, 15) is 0 Å². The highest BCUT2D eigenvalue weighted by Crippen LogP contribution is 2.37. The van der Waals surface area contributed by atoms with E-state index >= 15 is 0 Å². The monoisotopic (exact) mass is 276 g/mol. The van der Waals surface area contributed by atoms with E-state index in [4.69, 9.17) is 10.2 Å². The Bertz CT molecular complexity index is 543. The number of nitrogens with zero attached hydrogens (tertiary/aromatic N) is 1. The van der Waals surface area contributed by atoms with Crippen molar-refractivity contribution in [1.29, 1.82) is 0 Å². The van der Waals surface area contributed by atoms with Crippen molar-refractivity contribution >= 4 is 11.8 Å². The fourth-order valence-corrected chi connectivity index (χ4v) is 3.19. The zero-order chi connectivity index (χ0) is 14.0. The van der Waals surface area contributed by atoms with Crippen molar-refractivity contribution in [3.05, 3.63) is 47.0 Å². The van der Waals surface area contributed by atoms with Gasteiger partial charge in [-0.2, -0.15) is 0 Å². The first-order valence-electron chi connectivity index (χ1n) is 6.39. The van der Waals surface area contributed by atoms with Gasteiger partial charge < -0.3 is 10.2 Å². The van der Waals surface area contributed by atoms with E-state index < -0.39 is 0 Å². The van der Waals surface area contributed by atoms with E-state index in [0.29, 0.717) is 0 Å². The molecule has 0 amide bonds. The van der Waals surface area contributed by atoms with Crippen molar-refractivity contribution in [2.45, 2.75) is 44.0 Å². The summed E-state index contributed by atoms with van der Waals surface area (Å²) in [5.41, 5.74) is 8.34. The van der Waals surface area contributed by atoms with Gasteiger partial charge in [-0.25, -0.2) is 4.98 Å². The first kappa shape index (κ1) is 14.2. The van der Waals surface area contributed by atoms with Gasteiger partial charge in [0.2, 0.25) is 0 Å². The molecule has 0 saturated carbocycles. The zero-order valence-corrected chi connectivity index (χ0v) is 12.6. The number of pyridine rings is 1. The molecule has 0 aromatic carbocycles. The number of thioether (sulfide) groups is 1. The van der Waals surface area contributed by atoms with Crippen LogP contribution < -0.4 is 5.73 Å². The molecule has 4 heteroatoms. The summed E-state index contributed by atoms with van der Waals surface area (Å²) < 4.78 is 5.71. The highest BCUT2D eigenvalue weighted by molar-refractivity contribution is 7.99. The second-order valence-corrected chi connectivity index (χ2v) is 6.13. The second kappa shape index (κ2) is 5.80. The second-order valence-electron chi connectivity index (χ2n) is 4.97. The molecule has 0 bridgehead atoms. The molecular formula is C15H20N2OS. The Morgan fingerprint density at radius 1 is 1.21 bits per heavy atom. The molecule has 0 aliphatic heterocycles. The van der Waals surface area contributed by atoms with Crippen molar-refractivity contribution in [1.82, 2.24) is 4.98 Å². The first-order valence-corrected chi connectivity index (χ1v) is 7.27. The number of hydrogen-bond donors (Lipinski definition) is 1. The molecule has 0 aliphatic carbocycles. The van der Waals surface area contributed by atoms with Gasteiger partial charge in [0.05, 0.1) is 10.3 Å². The lowest BCUT2D eigenvalue weighted by Gasteiger charge is -2.18. The maximum atomic E-state index is 6.09. The van der Waals surface area contributed by atoms with Crippen LogP contribution in [0.4, 0.5) is 0 Å². The maximum Gasteiger partial charge on any atom is 0.119 e. The Morgan fingerprint density at radius 3 is 2.47 bits per heavy atom. The Morgan fingerprint density at radius 2 is 1.95 bits per heavy atom. The number of aryl methyl sites for hydroxylation is 3. The van der Waals surface area contributed by atoms with Crippen LogP contribution in [0, 0.1) is 20.8 Å². The summed E-state index contributed by atoms with van der Waals surface area (Å²) in [6.07, 6.45) is 0. The van der Waals surface area contributed by atoms with Crippen LogP contribution in [0.25, 0.3) is 0 Å². The van der Waals surface area contributed by atoms with Crippen LogP contribution in [0.5, 0.6) is 0 Å². The first-order chi connectivity index (χ1) is 8.95. The predicted molar refractivity (Wildman–Crippen MR) is 79.4 cm³/mol. The Kier molecular flexibility index (Phi) is 4.32. The minimum absolute atomic E-state index is 0.00170. The van der Waals surface area contributed by atoms with Crippen molar-refractivity contribution in [3.8, 4) is 0 Å². The van der Waals surface area contributed by atoms with Gasteiger partial charge in [0.1, 0.15) is 11.5 Å². The highest BCUT2D eigenvalue weighted by atomic mass is 32.2. The molecule has 2 heterocycles. The minimum atomic E-state index is -0.00170. The van der Waals surface area contributed by atoms with Gasteiger partial charge in [0.15, 0.2) is 0 Å². The minimum Gasteiger partial charge on any atom is -0.465 e. The molecule has 2 rings (SSSR count). The molecule has 102 valence electrons. The molecule has 0 saturated heterocycles. The van der Waals surface area contributed by atoms with Crippen molar-refractivity contribution in [2.75, 3.05) is 0 Å². The van der Waals surface area contributed by atoms with E-state index in [1.165, 1.54) is 5.56 Å². The fraction of sp³-hybridized carbons (Fsp3) is 0.400. The van der Waals surface area contributed by atoms with E-state index in [0.717, 1.165) is 22.2 Å². The molecule has 0 spiro atoms. The molecule has 2 aromatic rings. The average Bonchev–Trinajstić information content (AvgIpc) is 2.70. The molecule has 0 radical (unpaired) electrons. The smallest absolute Gasteiger partial charge is 0.119 e. The molecule has 0 aliphatic rings. The summed E-state index contributed by atoms with van der Waals surface area (Å²) in [5.74, 6) is 1.83. The van der Waals surface area contributed by atoms with Crippen molar-refractivity contribution < 1.29 is 4.42 Å². The van der Waals surface area contributed by atoms with Crippen LogP contribution in [-0.2, 0) is 0 Å². The standard InChI is InChI=1S/C15H20N2OS/c1-9-7-10(2)17-14(8-9)19-15(12(4)16)13-6-5-11(3)18-13/h5-8,12,15H,16H2,1-4H3. The van der Waals surface area contributed by atoms with Gasteiger partial charge in [0, 0.05) is 11.7 Å². The summed E-state index contributed by atoms with van der Waals surface area (Å²) >= 11 is 1.66. The third kappa shape index (κ3) is 3.61. The van der Waals surface area contributed by atoms with E-state index in [1.807, 2.05) is 32.9 Å². The van der Waals surface area contributed by atoms with Gasteiger partial charge in [-0.3, -0.25) is 0 Å². The third-order valence-electron chi connectivity index (χ3n) is 2.84. The maximum absolute atomic E-state index is 6.09. The summed E-state index contributed by atoms with van der Waals surface area (Å²) in [6.45, 7) is 8.03. The van der Waals surface area contributed by atoms with Crippen molar-refractivity contribution in [3.63, 3.8) is 0 Å². The fourth-order valence-electron chi connectivity index (χ4n) is 2.03. The molecule has 0 fully saturated rings. The van der Waals surface area contributed by atoms with Gasteiger partial charge in [0.25, 0.3) is 0 Å². The van der Waals surface area contributed by atoms with Gasteiger partial charge in [-0.15, -0.1) is 0 Å². The van der Waals surface area contributed by atoms with E-state index in [2.05, 4.69) is 24.0 Å². The molecule has 2 unspecified atom stereocenters. The van der Waals surface area contributed by atoms with Gasteiger partial charge in [-0.05, 0) is 57.5 Å². The number of nitrogens with two attached hydrogens (primary N) is 1. The van der Waals surface area contributed by atoms with Gasteiger partial charge >= 0.3 is 0 Å². The summed E-state index contributed by atoms with van der Waals surface area (Å²) in [5, 5.41) is 1.08. The van der Waals surface area contributed by atoms with Gasteiger partial charge in [-0.1, -0.05) is 11.8 Å². The van der Waals surface area contributed by atoms with E-state index in [1.54, 1.807) is 11.8 Å². The average molecular weight is 276 g/mol. The van der Waals surface area contributed by atoms with Crippen LogP contribution in [0.3, 0.4) is 0 Å². The Labute approximate surface area is 118 Å². The zero-order valence-electron chi connectivity index (χ0n) is 11.8. The van der Waals surface area contributed by atoms with Crippen LogP contribution in [-0.4, -0.2) is 11.0 Å². The van der Waals surface area contributed by atoms with E-state index in [-0.39, 0.29) is 11.3 Å². The van der Waals surface area contributed by atoms with Crippen LogP contribution >= 0.6 is 11.8 Å². The molecule has 2 atom stereocenters. The molecule has 2 aromatic heterocycles.